The quantitative estimate of drug-likeness (QED) is 0.770. The van der Waals surface area contributed by atoms with Gasteiger partial charge in [-0.15, -0.1) is 0 Å². The van der Waals surface area contributed by atoms with Gasteiger partial charge in [0.05, 0.1) is 13.0 Å². The Morgan fingerprint density at radius 2 is 2.10 bits per heavy atom. The SMILES string of the molecule is CCOC(=O)C[C@@H]1CCCCN1[C@H](C)c1ccccc1. The number of esters is 1. The summed E-state index contributed by atoms with van der Waals surface area (Å²) in [7, 11) is 0. The zero-order valence-electron chi connectivity index (χ0n) is 12.5. The maximum Gasteiger partial charge on any atom is 0.307 e. The highest BCUT2D eigenvalue weighted by molar-refractivity contribution is 5.70. The fourth-order valence-electron chi connectivity index (χ4n) is 3.09. The summed E-state index contributed by atoms with van der Waals surface area (Å²) in [6, 6.07) is 11.2. The second-order valence-corrected chi connectivity index (χ2v) is 5.48. The van der Waals surface area contributed by atoms with Crippen molar-refractivity contribution >= 4 is 5.97 Å². The van der Waals surface area contributed by atoms with Gasteiger partial charge in [0.15, 0.2) is 0 Å². The molecule has 0 unspecified atom stereocenters. The topological polar surface area (TPSA) is 29.5 Å². The molecular weight excluding hydrogens is 250 g/mol. The number of piperidine rings is 1. The molecule has 0 N–H and O–H groups in total. The Balaban J connectivity index is 2.04. The van der Waals surface area contributed by atoms with Crippen LogP contribution in [0.5, 0.6) is 0 Å². The van der Waals surface area contributed by atoms with Crippen LogP contribution in [-0.2, 0) is 9.53 Å². The van der Waals surface area contributed by atoms with Crippen molar-refractivity contribution in [3.05, 3.63) is 35.9 Å². The molecule has 1 aromatic rings. The molecule has 0 aromatic heterocycles. The standard InChI is InChI=1S/C17H25NO2/c1-3-20-17(19)13-16-11-7-8-12-18(16)14(2)15-9-5-4-6-10-15/h4-6,9-10,14,16H,3,7-8,11-13H2,1-2H3/t14-,16+/m1/s1. The Morgan fingerprint density at radius 3 is 2.80 bits per heavy atom. The summed E-state index contributed by atoms with van der Waals surface area (Å²) in [6.07, 6.45) is 4.04. The lowest BCUT2D eigenvalue weighted by Crippen LogP contribution is -2.42. The maximum atomic E-state index is 11.8. The lowest BCUT2D eigenvalue weighted by Gasteiger charge is -2.39. The van der Waals surface area contributed by atoms with E-state index in [4.69, 9.17) is 4.74 Å². The number of benzene rings is 1. The Kier molecular flexibility index (Phi) is 5.60. The number of ether oxygens (including phenoxy) is 1. The molecule has 0 aliphatic carbocycles. The van der Waals surface area contributed by atoms with Crippen molar-refractivity contribution in [1.29, 1.82) is 0 Å². The molecule has 0 radical (unpaired) electrons. The van der Waals surface area contributed by atoms with Gasteiger partial charge in [0, 0.05) is 12.1 Å². The van der Waals surface area contributed by atoms with Crippen LogP contribution in [0.4, 0.5) is 0 Å². The van der Waals surface area contributed by atoms with Crippen LogP contribution >= 0.6 is 0 Å². The molecule has 2 atom stereocenters. The largest absolute Gasteiger partial charge is 0.466 e. The van der Waals surface area contributed by atoms with E-state index < -0.39 is 0 Å². The van der Waals surface area contributed by atoms with Gasteiger partial charge in [-0.05, 0) is 38.8 Å². The minimum atomic E-state index is -0.0651. The van der Waals surface area contributed by atoms with Gasteiger partial charge in [-0.1, -0.05) is 36.8 Å². The highest BCUT2D eigenvalue weighted by Crippen LogP contribution is 2.29. The summed E-state index contributed by atoms with van der Waals surface area (Å²) in [6.45, 7) is 5.64. The molecule has 1 aliphatic rings. The molecule has 0 amide bonds. The van der Waals surface area contributed by atoms with Crippen LogP contribution < -0.4 is 0 Å². The zero-order valence-corrected chi connectivity index (χ0v) is 12.5. The monoisotopic (exact) mass is 275 g/mol. The van der Waals surface area contributed by atoms with E-state index in [1.807, 2.05) is 13.0 Å². The first kappa shape index (κ1) is 15.0. The van der Waals surface area contributed by atoms with Crippen LogP contribution in [0.25, 0.3) is 0 Å². The molecule has 1 aromatic carbocycles. The molecule has 0 bridgehead atoms. The Bertz CT molecular complexity index is 418. The zero-order chi connectivity index (χ0) is 14.4. The van der Waals surface area contributed by atoms with Crippen molar-refractivity contribution < 1.29 is 9.53 Å². The third-order valence-corrected chi connectivity index (χ3v) is 4.16. The number of likely N-dealkylation sites (tertiary alicyclic amines) is 1. The molecule has 20 heavy (non-hydrogen) atoms. The molecule has 0 saturated carbocycles. The highest BCUT2D eigenvalue weighted by atomic mass is 16.5. The van der Waals surface area contributed by atoms with Crippen LogP contribution in [0.1, 0.15) is 51.1 Å². The predicted molar refractivity (Wildman–Crippen MR) is 80.5 cm³/mol. The van der Waals surface area contributed by atoms with Crippen LogP contribution in [0.2, 0.25) is 0 Å². The molecule has 1 fully saturated rings. The molecule has 3 nitrogen and oxygen atoms in total. The lowest BCUT2D eigenvalue weighted by molar-refractivity contribution is -0.145. The van der Waals surface area contributed by atoms with Gasteiger partial charge in [-0.3, -0.25) is 9.69 Å². The average molecular weight is 275 g/mol. The van der Waals surface area contributed by atoms with Gasteiger partial charge in [-0.2, -0.15) is 0 Å². The Hall–Kier alpha value is -1.35. The average Bonchev–Trinajstić information content (AvgIpc) is 2.48. The van der Waals surface area contributed by atoms with E-state index in [9.17, 15) is 4.79 Å². The van der Waals surface area contributed by atoms with E-state index in [0.717, 1.165) is 13.0 Å². The highest BCUT2D eigenvalue weighted by Gasteiger charge is 2.29. The Labute approximate surface area is 121 Å². The van der Waals surface area contributed by atoms with Crippen LogP contribution in [0.3, 0.4) is 0 Å². The summed E-state index contributed by atoms with van der Waals surface area (Å²) in [5.41, 5.74) is 1.32. The van der Waals surface area contributed by atoms with Crippen molar-refractivity contribution in [2.24, 2.45) is 0 Å². The van der Waals surface area contributed by atoms with Crippen LogP contribution in [0, 0.1) is 0 Å². The van der Waals surface area contributed by atoms with Gasteiger partial charge < -0.3 is 4.74 Å². The molecule has 1 heterocycles. The van der Waals surface area contributed by atoms with Gasteiger partial charge in [0.25, 0.3) is 0 Å². The Morgan fingerprint density at radius 1 is 1.35 bits per heavy atom. The minimum absolute atomic E-state index is 0.0651. The van der Waals surface area contributed by atoms with Gasteiger partial charge in [-0.25, -0.2) is 0 Å². The second kappa shape index (κ2) is 7.44. The third-order valence-electron chi connectivity index (χ3n) is 4.16. The predicted octanol–water partition coefficient (Wildman–Crippen LogP) is 3.56. The van der Waals surface area contributed by atoms with E-state index in [2.05, 4.69) is 36.1 Å². The van der Waals surface area contributed by atoms with Crippen LogP contribution in [0.15, 0.2) is 30.3 Å². The fraction of sp³-hybridized carbons (Fsp3) is 0.588. The summed E-state index contributed by atoms with van der Waals surface area (Å²) in [5.74, 6) is -0.0651. The van der Waals surface area contributed by atoms with Crippen molar-refractivity contribution in [3.63, 3.8) is 0 Å². The van der Waals surface area contributed by atoms with E-state index >= 15 is 0 Å². The van der Waals surface area contributed by atoms with E-state index in [1.54, 1.807) is 0 Å². The number of rotatable bonds is 5. The second-order valence-electron chi connectivity index (χ2n) is 5.48. The molecule has 3 heteroatoms. The number of hydrogen-bond donors (Lipinski definition) is 0. The molecular formula is C17H25NO2. The van der Waals surface area contributed by atoms with Crippen molar-refractivity contribution in [2.75, 3.05) is 13.2 Å². The van der Waals surface area contributed by atoms with E-state index in [1.165, 1.54) is 18.4 Å². The number of carbonyl (C=O) groups is 1. The summed E-state index contributed by atoms with van der Waals surface area (Å²) in [4.78, 5) is 14.2. The number of hydrogen-bond acceptors (Lipinski definition) is 3. The summed E-state index contributed by atoms with van der Waals surface area (Å²) in [5, 5.41) is 0. The third kappa shape index (κ3) is 3.83. The first-order valence-electron chi connectivity index (χ1n) is 7.68. The minimum Gasteiger partial charge on any atom is -0.466 e. The fourth-order valence-corrected chi connectivity index (χ4v) is 3.09. The molecule has 110 valence electrons. The lowest BCUT2D eigenvalue weighted by atomic mass is 9.95. The maximum absolute atomic E-state index is 11.8. The molecule has 2 rings (SSSR count). The van der Waals surface area contributed by atoms with Crippen molar-refractivity contribution in [3.8, 4) is 0 Å². The number of nitrogens with zero attached hydrogens (tertiary/aromatic N) is 1. The molecule has 0 spiro atoms. The first-order valence-corrected chi connectivity index (χ1v) is 7.68. The molecule has 1 saturated heterocycles. The van der Waals surface area contributed by atoms with Gasteiger partial charge in [0.2, 0.25) is 0 Å². The molecule has 1 aliphatic heterocycles. The van der Waals surface area contributed by atoms with E-state index in [-0.39, 0.29) is 5.97 Å². The summed E-state index contributed by atoms with van der Waals surface area (Å²) < 4.78 is 5.11. The van der Waals surface area contributed by atoms with Gasteiger partial charge >= 0.3 is 5.97 Å². The van der Waals surface area contributed by atoms with E-state index in [0.29, 0.717) is 25.1 Å². The van der Waals surface area contributed by atoms with Gasteiger partial charge in [0.1, 0.15) is 0 Å². The smallest absolute Gasteiger partial charge is 0.307 e. The normalized spacial score (nSPS) is 21.4. The van der Waals surface area contributed by atoms with Crippen molar-refractivity contribution in [1.82, 2.24) is 4.90 Å². The summed E-state index contributed by atoms with van der Waals surface area (Å²) >= 11 is 0. The van der Waals surface area contributed by atoms with Crippen molar-refractivity contribution in [2.45, 2.75) is 51.6 Å². The number of carbonyl (C=O) groups excluding carboxylic acids is 1. The first-order chi connectivity index (χ1) is 9.72. The van der Waals surface area contributed by atoms with Crippen LogP contribution in [-0.4, -0.2) is 30.1 Å².